The van der Waals surface area contributed by atoms with Crippen LogP contribution in [-0.4, -0.2) is 11.1 Å². The van der Waals surface area contributed by atoms with Gasteiger partial charge in [-0.05, 0) is 0 Å². The van der Waals surface area contributed by atoms with Gasteiger partial charge in [-0.3, -0.25) is 0 Å². The van der Waals surface area contributed by atoms with Crippen molar-refractivity contribution in [2.75, 3.05) is 0 Å². The second-order valence-electron chi connectivity index (χ2n) is 1.15. The van der Waals surface area contributed by atoms with E-state index in [9.17, 15) is 9.90 Å². The number of carbonyl (C=O) groups is 1. The van der Waals surface area contributed by atoms with Gasteiger partial charge in [-0.25, -0.2) is 4.98 Å². The van der Waals surface area contributed by atoms with E-state index in [4.69, 9.17) is 0 Å². The summed E-state index contributed by atoms with van der Waals surface area (Å²) in [6, 6.07) is 0. The van der Waals surface area contributed by atoms with E-state index in [-0.39, 0.29) is 57.5 Å². The van der Waals surface area contributed by atoms with Gasteiger partial charge < -0.3 is 19.1 Å². The van der Waals surface area contributed by atoms with Crippen molar-refractivity contribution in [1.29, 1.82) is 0 Å². The van der Waals surface area contributed by atoms with Crippen molar-refractivity contribution in [1.82, 2.24) is 4.98 Å². The molecule has 1 aromatic heterocycles. The maximum Gasteiger partial charge on any atom is 1.00 e. The number of nitrogens with zero attached hydrogens (tertiary/aromatic N) is 1. The molecule has 1 aromatic rings. The zero-order valence-corrected chi connectivity index (χ0v) is 8.36. The number of hydrogen-bond donors (Lipinski definition) is 0. The molecule has 0 aliphatic rings. The average molecular weight is 167 g/mol. The van der Waals surface area contributed by atoms with E-state index in [0.29, 0.717) is 0 Å². The molecular weight excluding hydrogens is 165 g/mol. The van der Waals surface area contributed by atoms with Gasteiger partial charge in [-0.15, -0.1) is 0 Å². The van der Waals surface area contributed by atoms with Crippen LogP contribution in [0.1, 0.15) is 0 Å². The molecule has 0 amide bonds. The molecule has 1 rings (SSSR count). The Morgan fingerprint density at radius 1 is 1.80 bits per heavy atom. The largest absolute Gasteiger partial charge is 1.00 e. The zero-order valence-electron chi connectivity index (χ0n) is 5.23. The predicted octanol–water partition coefficient (Wildman–Crippen LogP) is -3.60. The Balaban J connectivity index is 0.000000810. The van der Waals surface area contributed by atoms with Crippen LogP contribution in [0.4, 0.5) is 4.79 Å². The Kier molecular flexibility index (Phi) is 4.92. The fourth-order valence-corrected chi connectivity index (χ4v) is 0.332. The molecule has 0 saturated carbocycles. The molecule has 0 unspecified atom stereocenters. The van der Waals surface area contributed by atoms with Crippen molar-refractivity contribution in [2.24, 2.45) is 0 Å². The molecule has 0 radical (unpaired) electrons. The van der Waals surface area contributed by atoms with Crippen molar-refractivity contribution in [3.05, 3.63) is 12.5 Å². The quantitative estimate of drug-likeness (QED) is 0.319. The van der Waals surface area contributed by atoms with Crippen LogP contribution < -0.4 is 61.2 Å². The smallest absolute Gasteiger partial charge is 0.469 e. The number of rotatable bonds is 1. The summed E-state index contributed by atoms with van der Waals surface area (Å²) in [7, 11) is 0. The van der Waals surface area contributed by atoms with Crippen LogP contribution in [0.25, 0.3) is 0 Å². The van der Waals surface area contributed by atoms with Gasteiger partial charge in [0.15, 0.2) is 0 Å². The second kappa shape index (κ2) is 4.86. The summed E-state index contributed by atoms with van der Waals surface area (Å²) in [6.07, 6.45) is 0.448. The Morgan fingerprint density at radius 2 is 2.50 bits per heavy atom. The van der Waals surface area contributed by atoms with E-state index < -0.39 is 6.16 Å². The molecule has 0 spiro atoms. The maximum atomic E-state index is 9.63. The molecule has 48 valence electrons. The van der Waals surface area contributed by atoms with Crippen LogP contribution in [0.2, 0.25) is 0 Å². The topological polar surface area (TPSA) is 75.4 Å². The van der Waals surface area contributed by atoms with Gasteiger partial charge in [-0.2, -0.15) is 0 Å². The molecule has 0 aliphatic carbocycles. The first-order valence-corrected chi connectivity index (χ1v) is 2.07. The molecule has 0 aliphatic heterocycles. The van der Waals surface area contributed by atoms with Gasteiger partial charge in [0.05, 0.1) is 6.20 Å². The van der Waals surface area contributed by atoms with Crippen LogP contribution in [0.5, 0.6) is 6.08 Å². The van der Waals surface area contributed by atoms with E-state index in [0.717, 1.165) is 0 Å². The van der Waals surface area contributed by atoms with Gasteiger partial charge in [0.25, 0.3) is 6.16 Å². The monoisotopic (exact) mass is 167 g/mol. The third-order valence-corrected chi connectivity index (χ3v) is 0.580. The SMILES string of the molecule is O=C([O-])Oc1ncco1.[K+]. The molecule has 1 heterocycles. The number of oxazole rings is 1. The van der Waals surface area contributed by atoms with Crippen LogP contribution in [-0.2, 0) is 0 Å². The number of ether oxygens (including phenoxy) is 1. The fourth-order valence-electron chi connectivity index (χ4n) is 0.332. The Labute approximate surface area is 98.8 Å². The maximum absolute atomic E-state index is 9.63. The molecule has 0 bridgehead atoms. The Hall–Kier alpha value is 0.116. The van der Waals surface area contributed by atoms with E-state index in [1.165, 1.54) is 12.5 Å². The minimum absolute atomic E-state index is 0. The first-order chi connectivity index (χ1) is 4.29. The van der Waals surface area contributed by atoms with Crippen LogP contribution >= 0.6 is 0 Å². The summed E-state index contributed by atoms with van der Waals surface area (Å²) in [5, 5.41) is 9.63. The van der Waals surface area contributed by atoms with Crippen LogP contribution in [0.3, 0.4) is 0 Å². The first kappa shape index (κ1) is 10.1. The third kappa shape index (κ3) is 3.33. The molecule has 0 N–H and O–H groups in total. The van der Waals surface area contributed by atoms with Crippen molar-refractivity contribution in [3.8, 4) is 6.08 Å². The minimum Gasteiger partial charge on any atom is -0.469 e. The number of carboxylic acid groups (broad SMARTS) is 1. The minimum atomic E-state index is -1.68. The average Bonchev–Trinajstić information content (AvgIpc) is 2.15. The van der Waals surface area contributed by atoms with Gasteiger partial charge in [0, 0.05) is 0 Å². The standard InChI is InChI=1S/C4H3NO4.K/c6-4(7)9-3-5-1-2-8-3;/h1-2H,(H,6,7);/q;+1/p-1. The summed E-state index contributed by atoms with van der Waals surface area (Å²) in [6.45, 7) is 0. The summed E-state index contributed by atoms with van der Waals surface area (Å²) < 4.78 is 8.27. The fraction of sp³-hybridized carbons (Fsp3) is 0. The van der Waals surface area contributed by atoms with Crippen molar-refractivity contribution in [2.45, 2.75) is 0 Å². The second-order valence-corrected chi connectivity index (χ2v) is 1.15. The van der Waals surface area contributed by atoms with Gasteiger partial charge in [0.1, 0.15) is 6.26 Å². The van der Waals surface area contributed by atoms with Crippen molar-refractivity contribution < 1.29 is 70.4 Å². The van der Waals surface area contributed by atoms with Crippen molar-refractivity contribution >= 4 is 6.16 Å². The number of aromatic nitrogens is 1. The normalized spacial score (nSPS) is 8.00. The van der Waals surface area contributed by atoms with E-state index in [1.807, 2.05) is 0 Å². The molecule has 0 fully saturated rings. The van der Waals surface area contributed by atoms with Crippen molar-refractivity contribution in [3.63, 3.8) is 0 Å². The van der Waals surface area contributed by atoms with Gasteiger partial charge in [0.2, 0.25) is 0 Å². The molecule has 6 heteroatoms. The van der Waals surface area contributed by atoms with Gasteiger partial charge in [-0.1, -0.05) is 0 Å². The van der Waals surface area contributed by atoms with Gasteiger partial charge >= 0.3 is 57.5 Å². The molecule has 0 saturated heterocycles. The van der Waals surface area contributed by atoms with E-state index in [2.05, 4.69) is 14.1 Å². The third-order valence-electron chi connectivity index (χ3n) is 0.580. The molecule has 5 nitrogen and oxygen atoms in total. The number of hydrogen-bond acceptors (Lipinski definition) is 5. The molecule has 0 aromatic carbocycles. The predicted molar refractivity (Wildman–Crippen MR) is 22.5 cm³/mol. The van der Waals surface area contributed by atoms with E-state index in [1.54, 1.807) is 0 Å². The molecular formula is C4H2KNO4. The summed E-state index contributed by atoms with van der Waals surface area (Å²) in [4.78, 5) is 13.0. The van der Waals surface area contributed by atoms with E-state index >= 15 is 0 Å². The zero-order chi connectivity index (χ0) is 6.69. The molecule has 0 atom stereocenters. The first-order valence-electron chi connectivity index (χ1n) is 2.07. The number of carbonyl (C=O) groups excluding carboxylic acids is 1. The van der Waals surface area contributed by atoms with Crippen LogP contribution in [0, 0.1) is 0 Å². The van der Waals surface area contributed by atoms with Crippen LogP contribution in [0.15, 0.2) is 16.9 Å². The Bertz CT molecular complexity index is 197. The Morgan fingerprint density at radius 3 is 2.90 bits per heavy atom. The summed E-state index contributed by atoms with van der Waals surface area (Å²) in [5.41, 5.74) is 0. The molecule has 10 heavy (non-hydrogen) atoms. The summed E-state index contributed by atoms with van der Waals surface area (Å²) in [5.74, 6) is 0. The summed E-state index contributed by atoms with van der Waals surface area (Å²) >= 11 is 0.